The molecular weight excluding hydrogens is 548 g/mol. The Kier molecular flexibility index (Phi) is 14.1. The minimum atomic E-state index is -0.922. The molecule has 0 fully saturated rings. The lowest BCUT2D eigenvalue weighted by molar-refractivity contribution is -0.130. The molecule has 1 aromatic carbocycles. The third kappa shape index (κ3) is 10.3. The quantitative estimate of drug-likeness (QED) is 0.109. The molecule has 1 heterocycles. The van der Waals surface area contributed by atoms with Crippen molar-refractivity contribution in [3.63, 3.8) is 0 Å². The van der Waals surface area contributed by atoms with Crippen molar-refractivity contribution in [3.05, 3.63) is 36.0 Å². The number of carbonyl (C=O) groups excluding carboxylic acids is 2. The van der Waals surface area contributed by atoms with E-state index < -0.39 is 29.4 Å². The lowest BCUT2D eigenvalue weighted by Crippen LogP contribution is -2.50. The number of fused-ring (bicyclic) bond motifs is 1. The zero-order valence-electron chi connectivity index (χ0n) is 27.3. The van der Waals surface area contributed by atoms with Gasteiger partial charge in [-0.1, -0.05) is 37.2 Å². The lowest BCUT2D eigenvalue weighted by Gasteiger charge is -2.33. The van der Waals surface area contributed by atoms with E-state index in [0.29, 0.717) is 19.7 Å². The van der Waals surface area contributed by atoms with Gasteiger partial charge in [0.15, 0.2) is 0 Å². The summed E-state index contributed by atoms with van der Waals surface area (Å²) >= 11 is 0. The molecule has 0 bridgehead atoms. The number of primary amides is 1. The number of amides is 2. The number of nitrogens with one attached hydrogen (secondary N) is 1. The van der Waals surface area contributed by atoms with Crippen molar-refractivity contribution in [2.75, 3.05) is 40.5 Å². The number of hydrogen-bond acceptors (Lipinski definition) is 8. The molecule has 0 aliphatic heterocycles. The monoisotopic (exact) mass is 602 g/mol. The highest BCUT2D eigenvalue weighted by molar-refractivity contribution is 6.11. The minimum absolute atomic E-state index is 0.0404. The predicted octanol–water partition coefficient (Wildman–Crippen LogP) is 2.72. The maximum absolute atomic E-state index is 13.0. The van der Waals surface area contributed by atoms with Gasteiger partial charge < -0.3 is 36.0 Å². The highest BCUT2D eigenvalue weighted by Crippen LogP contribution is 2.24. The molecule has 0 aliphatic carbocycles. The van der Waals surface area contributed by atoms with Gasteiger partial charge in [0.1, 0.15) is 12.8 Å². The number of carbonyl (C=O) groups is 2. The Hall–Kier alpha value is -2.99. The normalized spacial score (nSPS) is 14.9. The first-order valence-corrected chi connectivity index (χ1v) is 15.2. The first kappa shape index (κ1) is 36.2. The number of para-hydroxylation sites is 1. The van der Waals surface area contributed by atoms with Gasteiger partial charge in [-0.15, -0.1) is 0 Å². The standard InChI is InChI=1S/C32H54N6O5/c1-21(2)24(30(40)35-20-32(5,6)31(34)41)16-29(39)26(33)18-38(22(3)4)19-27(36-43-8)25-17-37(14-11-15-42-7)28-13-10-9-12-23(25)28/h9-10,12-13,17,21-22,24,26,29,39H,11,14-16,18-20,33H2,1-8H3,(H2,34,41)(H,35,40)/b36-27+/t24-,26-,29-/m0/s1. The smallest absolute Gasteiger partial charge is 0.224 e. The number of benzene rings is 1. The molecule has 43 heavy (non-hydrogen) atoms. The topological polar surface area (TPSA) is 157 Å². The summed E-state index contributed by atoms with van der Waals surface area (Å²) in [6, 6.07) is 7.70. The largest absolute Gasteiger partial charge is 0.399 e. The molecular formula is C32H54N6O5. The van der Waals surface area contributed by atoms with Gasteiger partial charge in [0.05, 0.1) is 11.5 Å². The third-order valence-electron chi connectivity index (χ3n) is 8.08. The van der Waals surface area contributed by atoms with Crippen LogP contribution in [0.5, 0.6) is 0 Å². The van der Waals surface area contributed by atoms with Gasteiger partial charge in [-0.25, -0.2) is 0 Å². The van der Waals surface area contributed by atoms with Crippen molar-refractivity contribution in [2.24, 2.45) is 33.9 Å². The molecule has 0 radical (unpaired) electrons. The fraction of sp³-hybridized carbons (Fsp3) is 0.656. The van der Waals surface area contributed by atoms with Crippen molar-refractivity contribution in [2.45, 2.75) is 79.1 Å². The summed E-state index contributed by atoms with van der Waals surface area (Å²) in [4.78, 5) is 32.2. The Bertz CT molecular complexity index is 1210. The van der Waals surface area contributed by atoms with Gasteiger partial charge in [0.25, 0.3) is 0 Å². The van der Waals surface area contributed by atoms with Crippen LogP contribution >= 0.6 is 0 Å². The van der Waals surface area contributed by atoms with Gasteiger partial charge in [-0.3, -0.25) is 14.5 Å². The van der Waals surface area contributed by atoms with E-state index in [1.165, 1.54) is 7.11 Å². The van der Waals surface area contributed by atoms with Crippen LogP contribution in [0.25, 0.3) is 10.9 Å². The Morgan fingerprint density at radius 2 is 1.84 bits per heavy atom. The Labute approximate surface area is 256 Å². The van der Waals surface area contributed by atoms with E-state index in [2.05, 4.69) is 52.1 Å². The van der Waals surface area contributed by atoms with Gasteiger partial charge in [0, 0.05) is 80.6 Å². The average Bonchev–Trinajstić information content (AvgIpc) is 3.32. The summed E-state index contributed by atoms with van der Waals surface area (Å²) in [5.41, 5.74) is 14.0. The average molecular weight is 603 g/mol. The van der Waals surface area contributed by atoms with Crippen LogP contribution in [-0.2, 0) is 25.7 Å². The van der Waals surface area contributed by atoms with Gasteiger partial charge >= 0.3 is 0 Å². The number of aliphatic hydroxyl groups excluding tert-OH is 1. The zero-order chi connectivity index (χ0) is 32.3. The molecule has 0 spiro atoms. The van der Waals surface area contributed by atoms with Crippen molar-refractivity contribution >= 4 is 28.4 Å². The van der Waals surface area contributed by atoms with Crippen molar-refractivity contribution in [3.8, 4) is 0 Å². The molecule has 3 atom stereocenters. The maximum atomic E-state index is 13.0. The first-order chi connectivity index (χ1) is 20.2. The van der Waals surface area contributed by atoms with Crippen molar-refractivity contribution < 1.29 is 24.3 Å². The predicted molar refractivity (Wildman–Crippen MR) is 172 cm³/mol. The molecule has 0 aliphatic rings. The molecule has 1 aromatic heterocycles. The number of ether oxygens (including phenoxy) is 1. The van der Waals surface area contributed by atoms with Crippen LogP contribution in [0.15, 0.2) is 35.6 Å². The van der Waals surface area contributed by atoms with E-state index in [9.17, 15) is 14.7 Å². The minimum Gasteiger partial charge on any atom is -0.399 e. The summed E-state index contributed by atoms with van der Waals surface area (Å²) in [7, 11) is 3.24. The van der Waals surface area contributed by atoms with Crippen LogP contribution in [0.3, 0.4) is 0 Å². The maximum Gasteiger partial charge on any atom is 0.224 e. The Morgan fingerprint density at radius 1 is 1.16 bits per heavy atom. The molecule has 0 saturated heterocycles. The first-order valence-electron chi connectivity index (χ1n) is 15.2. The van der Waals surface area contributed by atoms with E-state index >= 15 is 0 Å². The van der Waals surface area contributed by atoms with E-state index in [4.69, 9.17) is 21.0 Å². The fourth-order valence-electron chi connectivity index (χ4n) is 5.00. The van der Waals surface area contributed by atoms with E-state index in [1.54, 1.807) is 21.0 Å². The van der Waals surface area contributed by atoms with Gasteiger partial charge in [-0.05, 0) is 52.5 Å². The summed E-state index contributed by atoms with van der Waals surface area (Å²) in [6.07, 6.45) is 2.27. The van der Waals surface area contributed by atoms with Crippen LogP contribution in [-0.4, -0.2) is 90.7 Å². The van der Waals surface area contributed by atoms with Gasteiger partial charge in [-0.2, -0.15) is 0 Å². The summed E-state index contributed by atoms with van der Waals surface area (Å²) < 4.78 is 7.47. The number of methoxy groups -OCH3 is 1. The van der Waals surface area contributed by atoms with Crippen LogP contribution in [0.4, 0.5) is 0 Å². The number of hydrogen-bond donors (Lipinski definition) is 4. The second kappa shape index (κ2) is 16.7. The second-order valence-electron chi connectivity index (χ2n) is 12.6. The molecule has 0 unspecified atom stereocenters. The van der Waals surface area contributed by atoms with E-state index in [-0.39, 0.29) is 30.8 Å². The number of rotatable bonds is 19. The molecule has 2 rings (SSSR count). The molecule has 242 valence electrons. The number of aryl methyl sites for hydroxylation is 1. The lowest BCUT2D eigenvalue weighted by atomic mass is 9.86. The summed E-state index contributed by atoms with van der Waals surface area (Å²) in [5, 5.41) is 19.5. The van der Waals surface area contributed by atoms with Crippen LogP contribution < -0.4 is 16.8 Å². The van der Waals surface area contributed by atoms with Crippen molar-refractivity contribution in [1.82, 2.24) is 14.8 Å². The molecule has 11 nitrogen and oxygen atoms in total. The second-order valence-corrected chi connectivity index (χ2v) is 12.6. The van der Waals surface area contributed by atoms with Crippen LogP contribution in [0.2, 0.25) is 0 Å². The van der Waals surface area contributed by atoms with E-state index in [0.717, 1.165) is 35.1 Å². The SMILES string of the molecule is COCCCn1cc(/C(CN(C[C@H](N)[C@@H](O)C[C@H](C(=O)NCC(C)(C)C(N)=O)C(C)C)C(C)C)=N/OC)c2ccccc21. The van der Waals surface area contributed by atoms with Crippen molar-refractivity contribution in [1.29, 1.82) is 0 Å². The molecule has 6 N–H and O–H groups in total. The van der Waals surface area contributed by atoms with E-state index in [1.807, 2.05) is 26.0 Å². The number of nitrogens with zero attached hydrogens (tertiary/aromatic N) is 3. The number of nitrogens with two attached hydrogens (primary N) is 2. The highest BCUT2D eigenvalue weighted by atomic mass is 16.6. The fourth-order valence-corrected chi connectivity index (χ4v) is 5.00. The van der Waals surface area contributed by atoms with Crippen LogP contribution in [0.1, 0.15) is 59.9 Å². The summed E-state index contributed by atoms with van der Waals surface area (Å²) in [5.74, 6) is -1.24. The molecule has 2 aromatic rings. The Morgan fingerprint density at radius 3 is 2.42 bits per heavy atom. The zero-order valence-corrected chi connectivity index (χ0v) is 27.3. The molecule has 2 amide bonds. The highest BCUT2D eigenvalue weighted by Gasteiger charge is 2.32. The molecule has 11 heteroatoms. The number of aromatic nitrogens is 1. The molecule has 0 saturated carbocycles. The number of oxime groups is 1. The Balaban J connectivity index is 2.20. The number of aliphatic hydroxyl groups is 1. The summed E-state index contributed by atoms with van der Waals surface area (Å²) in [6.45, 7) is 13.8. The van der Waals surface area contributed by atoms with Crippen LogP contribution in [0, 0.1) is 17.3 Å². The van der Waals surface area contributed by atoms with Gasteiger partial charge in [0.2, 0.25) is 11.8 Å². The third-order valence-corrected chi connectivity index (χ3v) is 8.08.